The molecule has 0 aromatic heterocycles. The van der Waals surface area contributed by atoms with Crippen molar-refractivity contribution in [3.63, 3.8) is 0 Å². The van der Waals surface area contributed by atoms with Crippen LogP contribution in [0, 0.1) is 41.0 Å². The van der Waals surface area contributed by atoms with Gasteiger partial charge in [-0.05, 0) is 118 Å². The van der Waals surface area contributed by atoms with E-state index >= 15 is 51.5 Å². The Balaban J connectivity index is 1.23. The second-order valence-electron chi connectivity index (χ2n) is 30.6. The molecule has 109 heavy (non-hydrogen) atoms. The number of amides is 12. The molecule has 4 heterocycles. The van der Waals surface area contributed by atoms with Crippen molar-refractivity contribution in [3.05, 3.63) is 70.3 Å². The van der Waals surface area contributed by atoms with Crippen LogP contribution in [0.25, 0.3) is 0 Å². The van der Waals surface area contributed by atoms with Crippen molar-refractivity contribution in [2.24, 2.45) is 17.8 Å². The maximum absolute atomic E-state index is 15.9. The number of alkyl halides is 3. The Morgan fingerprint density at radius 2 is 1.29 bits per heavy atom. The molecule has 26 nitrogen and oxygen atoms in total. The Kier molecular flexibility index (Phi) is 29.6. The van der Waals surface area contributed by atoms with Gasteiger partial charge in [-0.3, -0.25) is 57.5 Å². The number of benzene rings is 2. The number of fused-ring (bicyclic) bond motifs is 3. The van der Waals surface area contributed by atoms with Gasteiger partial charge in [0.2, 0.25) is 70.9 Å². The first-order valence-corrected chi connectivity index (χ1v) is 38.0. The number of morpholine rings is 1. The first-order valence-electron chi connectivity index (χ1n) is 38.0. The highest BCUT2D eigenvalue weighted by Gasteiger charge is 2.54. The van der Waals surface area contributed by atoms with Crippen LogP contribution < -0.4 is 16.0 Å². The third-order valence-electron chi connectivity index (χ3n) is 22.6. The van der Waals surface area contributed by atoms with Gasteiger partial charge in [0.25, 0.3) is 0 Å². The number of nitrogens with one attached hydrogen (secondary N) is 3. The fourth-order valence-corrected chi connectivity index (χ4v) is 15.9. The lowest BCUT2D eigenvalue weighted by Crippen LogP contribution is -2.68. The third kappa shape index (κ3) is 20.6. The van der Waals surface area contributed by atoms with Gasteiger partial charge >= 0.3 is 6.18 Å². The summed E-state index contributed by atoms with van der Waals surface area (Å²) in [5.74, 6) is -17.2. The lowest BCUT2D eigenvalue weighted by molar-refractivity contribution is -0.159. The molecular weight excluding hydrogens is 1440 g/mol. The van der Waals surface area contributed by atoms with E-state index in [4.69, 9.17) is 9.47 Å². The molecule has 12 amide bonds. The molecule has 2 aromatic rings. The van der Waals surface area contributed by atoms with Gasteiger partial charge in [-0.15, -0.1) is 0 Å². The van der Waals surface area contributed by atoms with Crippen LogP contribution in [-0.4, -0.2) is 276 Å². The molecule has 4 aliphatic heterocycles. The smallest absolute Gasteiger partial charge is 0.378 e. The number of hydrogen-bond acceptors (Lipinski definition) is 14. The molecule has 6 aliphatic rings. The Morgan fingerprint density at radius 3 is 1.89 bits per heavy atom. The van der Waals surface area contributed by atoms with Crippen molar-refractivity contribution < 1.29 is 97.7 Å². The van der Waals surface area contributed by atoms with Crippen LogP contribution in [0.2, 0.25) is 0 Å². The highest BCUT2D eigenvalue weighted by atomic mass is 19.4. The number of aryl methyl sites for hydroxylation is 1. The molecule has 0 unspecified atom stereocenters. The summed E-state index contributed by atoms with van der Waals surface area (Å²) >= 11 is 0. The zero-order chi connectivity index (χ0) is 80.3. The second-order valence-corrected chi connectivity index (χ2v) is 30.6. The summed E-state index contributed by atoms with van der Waals surface area (Å²) in [6.45, 7) is 7.22. The Hall–Kier alpha value is -8.49. The molecule has 10 atom stereocenters. The third-order valence-corrected chi connectivity index (χ3v) is 22.6. The topological polar surface area (TPSA) is 289 Å². The molecule has 2 bridgehead atoms. The lowest BCUT2D eigenvalue weighted by atomic mass is 9.74. The zero-order valence-corrected chi connectivity index (χ0v) is 64.3. The number of hydrogen-bond donors (Lipinski definition) is 3. The normalized spacial score (nSPS) is 26.5. The van der Waals surface area contributed by atoms with Crippen LogP contribution in [-0.2, 0) is 86.0 Å². The van der Waals surface area contributed by atoms with Crippen LogP contribution >= 0.6 is 0 Å². The van der Waals surface area contributed by atoms with Crippen LogP contribution in [0.4, 0.5) is 30.7 Å². The number of carbonyl (C=O) groups excluding carboxylic acids is 12. The molecule has 2 aromatic carbocycles. The molecule has 33 heteroatoms. The van der Waals surface area contributed by atoms with E-state index in [1.54, 1.807) is 20.8 Å². The maximum Gasteiger partial charge on any atom is 0.422 e. The van der Waals surface area contributed by atoms with Crippen molar-refractivity contribution in [1.82, 2.24) is 60.0 Å². The Bertz CT molecular complexity index is 3650. The minimum absolute atomic E-state index is 0.0202. The van der Waals surface area contributed by atoms with Gasteiger partial charge in [0, 0.05) is 94.0 Å². The van der Waals surface area contributed by atoms with E-state index in [0.717, 1.165) is 48.6 Å². The molecule has 6 fully saturated rings. The van der Waals surface area contributed by atoms with E-state index in [2.05, 4.69) is 16.0 Å². The monoisotopic (exact) mass is 1540 g/mol. The summed E-state index contributed by atoms with van der Waals surface area (Å²) in [5, 5.41) is 8.34. The predicted molar refractivity (Wildman–Crippen MR) is 382 cm³/mol. The van der Waals surface area contributed by atoms with Gasteiger partial charge in [0.1, 0.15) is 82.7 Å². The average molecular weight is 1550 g/mol. The lowest BCUT2D eigenvalue weighted by Gasteiger charge is -2.47. The van der Waals surface area contributed by atoms with Gasteiger partial charge < -0.3 is 69.5 Å². The molecule has 0 radical (unpaired) electrons. The van der Waals surface area contributed by atoms with Gasteiger partial charge in [-0.25, -0.2) is 17.6 Å². The summed E-state index contributed by atoms with van der Waals surface area (Å²) in [7, 11) is 7.96. The van der Waals surface area contributed by atoms with Crippen molar-refractivity contribution in [2.45, 2.75) is 216 Å². The van der Waals surface area contributed by atoms with Gasteiger partial charge in [0.15, 0.2) is 0 Å². The zero-order valence-electron chi connectivity index (χ0n) is 64.3. The fraction of sp³-hybridized carbons (Fsp3) is 0.684. The largest absolute Gasteiger partial charge is 0.422 e. The highest BCUT2D eigenvalue weighted by molar-refractivity contribution is 6.01. The number of rotatable bonds is 13. The maximum atomic E-state index is 15.9. The average Bonchev–Trinajstić information content (AvgIpc) is 1.45. The minimum atomic E-state index is -5.45. The number of ether oxygens (including phenoxy) is 2. The molecule has 4 saturated heterocycles. The van der Waals surface area contributed by atoms with E-state index < -0.39 is 216 Å². The summed E-state index contributed by atoms with van der Waals surface area (Å²) in [5.41, 5.74) is -4.52. The molecule has 2 aliphatic carbocycles. The minimum Gasteiger partial charge on any atom is -0.378 e. The summed E-state index contributed by atoms with van der Waals surface area (Å²) in [6, 6.07) is -8.35. The van der Waals surface area contributed by atoms with Crippen molar-refractivity contribution in [2.75, 3.05) is 101 Å². The number of nitrogens with zero attached hydrogens (tertiary/aromatic N) is 9. The van der Waals surface area contributed by atoms with Crippen LogP contribution in [0.5, 0.6) is 0 Å². The Labute approximate surface area is 632 Å². The highest BCUT2D eigenvalue weighted by Crippen LogP contribution is 2.40. The number of halogens is 7. The molecule has 8 rings (SSSR count). The van der Waals surface area contributed by atoms with E-state index in [-0.39, 0.29) is 102 Å². The van der Waals surface area contributed by atoms with Crippen molar-refractivity contribution in [3.8, 4) is 0 Å². The van der Waals surface area contributed by atoms with E-state index in [0.29, 0.717) is 69.6 Å². The molecule has 2 saturated carbocycles. The van der Waals surface area contributed by atoms with Gasteiger partial charge in [-0.2, -0.15) is 13.2 Å². The van der Waals surface area contributed by atoms with E-state index in [1.165, 1.54) is 49.9 Å². The van der Waals surface area contributed by atoms with E-state index in [9.17, 15) is 36.7 Å². The summed E-state index contributed by atoms with van der Waals surface area (Å²) in [4.78, 5) is 192. The quantitative estimate of drug-likeness (QED) is 0.223. The fourth-order valence-electron chi connectivity index (χ4n) is 15.9. The standard InChI is InChI=1S/C76H107F7N12O14/c1-12-45(5)64-72(105)88(7)43-62(98)89(8)55-22-15-14-18-29-94(71(55)104)59(37-48-24-25-49(77)38-51(48)78)69(102)87(6)42-60(96)84-54(26-23-46-35-52(79)63(53(80)36-46)76(81,82)83)68(101)95-41-50(109-13-2)39-57(95)67(100)86-75(27-19-28-75)74(107)92(11)65(47-20-16-17-21-47)73(106)91(10)58(70(103)93-30-32-108-33-31-93)40-61(97)90(9)56(34-44(3)4)66(99)85-64/h24-25,35-36,38,44-45,47,50,54-59,64-65H,12-23,26-34,37,39-43H2,1-11H3,(H,84,96)(H,85,99)(H,86,100)/t45-,50+,54-,55-,56-,57-,58-,59-,64-,65-/m0/s1. The van der Waals surface area contributed by atoms with Crippen LogP contribution in [0.15, 0.2) is 30.3 Å². The molecular formula is C76H107F7N12O14. The van der Waals surface area contributed by atoms with Gasteiger partial charge in [-0.1, -0.05) is 65.9 Å². The summed E-state index contributed by atoms with van der Waals surface area (Å²) in [6.07, 6.45) is -4.77. The van der Waals surface area contributed by atoms with Crippen molar-refractivity contribution in [1.29, 1.82) is 0 Å². The van der Waals surface area contributed by atoms with Crippen LogP contribution in [0.3, 0.4) is 0 Å². The molecule has 3 N–H and O–H groups in total. The summed E-state index contributed by atoms with van der Waals surface area (Å²) < 4.78 is 114. The Morgan fingerprint density at radius 1 is 0.651 bits per heavy atom. The number of likely N-dealkylation sites (N-methyl/N-ethyl adjacent to an activating group) is 6. The first-order chi connectivity index (χ1) is 51.4. The van der Waals surface area contributed by atoms with Crippen LogP contribution in [0.1, 0.15) is 154 Å². The second kappa shape index (κ2) is 37.5. The molecule has 604 valence electrons. The van der Waals surface area contributed by atoms with Crippen molar-refractivity contribution >= 4 is 70.9 Å². The number of carbonyl (C=O) groups is 12. The molecule has 1 spiro atoms. The first kappa shape index (κ1) is 86.1. The predicted octanol–water partition coefficient (Wildman–Crippen LogP) is 4.99. The van der Waals surface area contributed by atoms with Gasteiger partial charge in [0.05, 0.1) is 38.8 Å². The van der Waals surface area contributed by atoms with E-state index in [1.807, 2.05) is 13.8 Å². The SMILES string of the molecule is CCO[C@@H]1C[C@H]2C(=O)NC3(CCC3)C(=O)N(C)[C@@H](C3CCCC3)C(=O)N(C)[C@H](C(=O)N3CCOCC3)CC(=O)N(C)[C@@H](CC(C)C)C(=O)N[C@@H]([C@@H](C)CC)C(=O)N(C)CC(=O)N(C)[C@H]3CCCCCN(C3=O)[C@@H](Cc3ccc(F)cc3F)C(=O)N(C)CC(=O)N[C@@H](CCc3cc(F)c(C(F)(F)F)c(F)c3)C(=O)N2C1.